The number of esters is 1. The first-order valence-corrected chi connectivity index (χ1v) is 15.2. The number of carbonyl (C=O) groups is 5. The van der Waals surface area contributed by atoms with Crippen molar-refractivity contribution in [1.82, 2.24) is 4.90 Å². The van der Waals surface area contributed by atoms with E-state index in [2.05, 4.69) is 0 Å². The third kappa shape index (κ3) is 9.44. The van der Waals surface area contributed by atoms with Gasteiger partial charge in [0, 0.05) is 25.5 Å². The van der Waals surface area contributed by atoms with Crippen LogP contribution in [0, 0.1) is 18.8 Å². The van der Waals surface area contributed by atoms with Gasteiger partial charge in [0.1, 0.15) is 6.61 Å². The normalized spacial score (nSPS) is 16.4. The van der Waals surface area contributed by atoms with E-state index in [1.807, 2.05) is 32.9 Å². The quantitative estimate of drug-likeness (QED) is 0.156. The molecule has 1 N–H and O–H groups in total. The molecule has 3 unspecified atom stereocenters. The van der Waals surface area contributed by atoms with Crippen LogP contribution in [0.25, 0.3) is 5.57 Å². The van der Waals surface area contributed by atoms with Crippen molar-refractivity contribution in [3.05, 3.63) is 77.4 Å². The van der Waals surface area contributed by atoms with E-state index in [1.54, 1.807) is 42.5 Å². The molecule has 0 aliphatic carbocycles. The number of rotatable bonds is 16. The standard InChI is InChI=1S/C35H43NO8/c1-23(2)30-22-43-35(42)36(30)34(41)29(20-26-14-8-7-9-15-26)33(44-25(4)38)32(40)21-28(27-16-12-13-24(3)19-27)31(39)17-10-5-6-11-18-37/h7-9,12-16,19,21,23,29-30,33,37H,5-6,10-11,17-18,20,22H2,1-4H3. The Morgan fingerprint density at radius 3 is 2.36 bits per heavy atom. The highest BCUT2D eigenvalue weighted by atomic mass is 16.6. The van der Waals surface area contributed by atoms with E-state index in [1.165, 1.54) is 6.08 Å². The van der Waals surface area contributed by atoms with Gasteiger partial charge in [-0.3, -0.25) is 19.2 Å². The molecule has 3 rings (SSSR count). The van der Waals surface area contributed by atoms with Gasteiger partial charge in [-0.15, -0.1) is 0 Å². The Labute approximate surface area is 259 Å². The molecule has 0 spiro atoms. The van der Waals surface area contributed by atoms with Crippen molar-refractivity contribution < 1.29 is 38.6 Å². The van der Waals surface area contributed by atoms with E-state index in [9.17, 15) is 24.0 Å². The first kappa shape index (κ1) is 34.4. The Morgan fingerprint density at radius 2 is 1.73 bits per heavy atom. The highest BCUT2D eigenvalue weighted by Crippen LogP contribution is 2.28. The highest BCUT2D eigenvalue weighted by molar-refractivity contribution is 6.25. The minimum Gasteiger partial charge on any atom is -0.453 e. The van der Waals surface area contributed by atoms with E-state index in [0.717, 1.165) is 30.2 Å². The fraction of sp³-hybridized carbons (Fsp3) is 0.457. The number of allylic oxidation sites excluding steroid dienone is 1. The van der Waals surface area contributed by atoms with E-state index in [4.69, 9.17) is 14.6 Å². The van der Waals surface area contributed by atoms with Gasteiger partial charge >= 0.3 is 12.1 Å². The van der Waals surface area contributed by atoms with E-state index in [0.29, 0.717) is 24.0 Å². The molecule has 1 heterocycles. The third-order valence-corrected chi connectivity index (χ3v) is 7.70. The van der Waals surface area contributed by atoms with E-state index < -0.39 is 41.8 Å². The van der Waals surface area contributed by atoms with Crippen molar-refractivity contribution in [2.24, 2.45) is 11.8 Å². The number of Topliss-reactive ketones (excluding diaryl/α,β-unsaturated/α-hetero) is 1. The maximum Gasteiger partial charge on any atom is 0.416 e. The molecule has 3 atom stereocenters. The first-order valence-electron chi connectivity index (χ1n) is 15.2. The molecule has 9 heteroatoms. The average molecular weight is 606 g/mol. The van der Waals surface area contributed by atoms with Crippen LogP contribution >= 0.6 is 0 Å². The van der Waals surface area contributed by atoms with Crippen LogP contribution in [0.5, 0.6) is 0 Å². The molecule has 236 valence electrons. The lowest BCUT2D eigenvalue weighted by Crippen LogP contribution is -2.50. The number of ether oxygens (including phenoxy) is 2. The predicted molar refractivity (Wildman–Crippen MR) is 165 cm³/mol. The van der Waals surface area contributed by atoms with Crippen LogP contribution < -0.4 is 0 Å². The first-order chi connectivity index (χ1) is 21.0. The molecule has 2 aromatic carbocycles. The number of hydrogen-bond acceptors (Lipinski definition) is 8. The van der Waals surface area contributed by atoms with Gasteiger partial charge < -0.3 is 14.6 Å². The van der Waals surface area contributed by atoms with Gasteiger partial charge in [0.05, 0.1) is 12.0 Å². The number of aliphatic hydroxyl groups is 1. The monoisotopic (exact) mass is 605 g/mol. The maximum absolute atomic E-state index is 14.1. The molecule has 1 aliphatic heterocycles. The fourth-order valence-corrected chi connectivity index (χ4v) is 5.32. The van der Waals surface area contributed by atoms with E-state index in [-0.39, 0.29) is 43.3 Å². The highest BCUT2D eigenvalue weighted by Gasteiger charge is 2.46. The fourth-order valence-electron chi connectivity index (χ4n) is 5.32. The maximum atomic E-state index is 14.1. The molecule has 0 saturated carbocycles. The van der Waals surface area contributed by atoms with Crippen LogP contribution in [0.1, 0.15) is 69.6 Å². The Morgan fingerprint density at radius 1 is 1.02 bits per heavy atom. The number of imide groups is 1. The molecule has 1 aliphatic rings. The van der Waals surface area contributed by atoms with Crippen LogP contribution in [0.15, 0.2) is 60.7 Å². The summed E-state index contributed by atoms with van der Waals surface area (Å²) in [5.74, 6) is -3.83. The van der Waals surface area contributed by atoms with E-state index >= 15 is 0 Å². The molecule has 2 aromatic rings. The molecule has 1 saturated heterocycles. The summed E-state index contributed by atoms with van der Waals surface area (Å²) >= 11 is 0. The molecule has 44 heavy (non-hydrogen) atoms. The zero-order chi connectivity index (χ0) is 32.2. The van der Waals surface area contributed by atoms with Gasteiger partial charge in [-0.05, 0) is 49.3 Å². The number of aliphatic hydroxyl groups excluding tert-OH is 1. The van der Waals surface area contributed by atoms with Crippen molar-refractivity contribution in [3.8, 4) is 0 Å². The molecular weight excluding hydrogens is 562 g/mol. The van der Waals surface area contributed by atoms with Gasteiger partial charge in [0.15, 0.2) is 17.7 Å². The number of ketones is 2. The lowest BCUT2D eigenvalue weighted by molar-refractivity contribution is -0.159. The Balaban J connectivity index is 2.06. The summed E-state index contributed by atoms with van der Waals surface area (Å²) in [5, 5.41) is 9.05. The molecule has 0 aromatic heterocycles. The second-order valence-electron chi connectivity index (χ2n) is 11.6. The van der Waals surface area contributed by atoms with Gasteiger partial charge in [0.2, 0.25) is 5.91 Å². The topological polar surface area (TPSA) is 127 Å². The summed E-state index contributed by atoms with van der Waals surface area (Å²) in [7, 11) is 0. The third-order valence-electron chi connectivity index (χ3n) is 7.70. The van der Waals surface area contributed by atoms with Crippen molar-refractivity contribution in [2.75, 3.05) is 13.2 Å². The van der Waals surface area contributed by atoms with Crippen LogP contribution in [-0.4, -0.2) is 64.9 Å². The largest absolute Gasteiger partial charge is 0.453 e. The van der Waals surface area contributed by atoms with Gasteiger partial charge in [-0.2, -0.15) is 0 Å². The minimum absolute atomic E-state index is 0.00434. The van der Waals surface area contributed by atoms with Crippen LogP contribution in [0.4, 0.5) is 4.79 Å². The number of unbranched alkanes of at least 4 members (excludes halogenated alkanes) is 3. The van der Waals surface area contributed by atoms with Crippen LogP contribution in [0.2, 0.25) is 0 Å². The Kier molecular flexibility index (Phi) is 13.0. The summed E-state index contributed by atoms with van der Waals surface area (Å²) in [5.41, 5.74) is 2.28. The van der Waals surface area contributed by atoms with Crippen LogP contribution in [-0.2, 0) is 35.1 Å². The second-order valence-corrected chi connectivity index (χ2v) is 11.6. The Bertz CT molecular complexity index is 1350. The zero-order valence-corrected chi connectivity index (χ0v) is 26.0. The number of cyclic esters (lactones) is 1. The summed E-state index contributed by atoms with van der Waals surface area (Å²) in [4.78, 5) is 67.9. The number of hydrogen-bond donors (Lipinski definition) is 1. The van der Waals surface area contributed by atoms with Crippen molar-refractivity contribution in [3.63, 3.8) is 0 Å². The summed E-state index contributed by atoms with van der Waals surface area (Å²) in [6.07, 6.45) is 1.69. The molecule has 9 nitrogen and oxygen atoms in total. The molecule has 1 fully saturated rings. The molecule has 0 radical (unpaired) electrons. The SMILES string of the molecule is CC(=O)OC(C(=O)C=C(C(=O)CCCCCCO)c1cccc(C)c1)C(Cc1ccccc1)C(=O)N1C(=O)OCC1C(C)C. The van der Waals surface area contributed by atoms with Crippen molar-refractivity contribution in [2.45, 2.75) is 78.4 Å². The number of benzene rings is 2. The number of aryl methyl sites for hydroxylation is 1. The van der Waals surface area contributed by atoms with Crippen molar-refractivity contribution >= 4 is 35.1 Å². The number of carbonyl (C=O) groups excluding carboxylic acids is 5. The smallest absolute Gasteiger partial charge is 0.416 e. The second kappa shape index (κ2) is 16.7. The van der Waals surface area contributed by atoms with Crippen molar-refractivity contribution in [1.29, 1.82) is 0 Å². The van der Waals surface area contributed by atoms with Crippen LogP contribution in [0.3, 0.4) is 0 Å². The zero-order valence-electron chi connectivity index (χ0n) is 26.0. The lowest BCUT2D eigenvalue weighted by atomic mass is 9.87. The predicted octanol–water partition coefficient (Wildman–Crippen LogP) is 5.25. The number of nitrogens with zero attached hydrogens (tertiary/aromatic N) is 1. The molecule has 2 amide bonds. The summed E-state index contributed by atoms with van der Waals surface area (Å²) < 4.78 is 10.8. The number of amides is 2. The summed E-state index contributed by atoms with van der Waals surface area (Å²) in [6, 6.07) is 15.6. The minimum atomic E-state index is -1.60. The van der Waals surface area contributed by atoms with Gasteiger partial charge in [-0.1, -0.05) is 86.8 Å². The Hall–Kier alpha value is -4.11. The van der Waals surface area contributed by atoms with Gasteiger partial charge in [0.25, 0.3) is 0 Å². The van der Waals surface area contributed by atoms with Gasteiger partial charge in [-0.25, -0.2) is 9.69 Å². The molecule has 0 bridgehead atoms. The average Bonchev–Trinajstić information content (AvgIpc) is 3.39. The summed E-state index contributed by atoms with van der Waals surface area (Å²) in [6.45, 7) is 6.86. The lowest BCUT2D eigenvalue weighted by Gasteiger charge is -2.30. The molecular formula is C35H43NO8.